The van der Waals surface area contributed by atoms with Crippen molar-refractivity contribution in [2.24, 2.45) is 0 Å². The number of carboxylic acids is 1. The second-order valence-electron chi connectivity index (χ2n) is 3.97. The molecule has 0 aliphatic rings. The highest BCUT2D eigenvalue weighted by atomic mass is 16.6. The van der Waals surface area contributed by atoms with Gasteiger partial charge in [-0.05, 0) is 13.0 Å². The SMILES string of the molecule is Cc1c(-c2ccccc2[N+](=O)[O-])cnn1CC(=O)O. The van der Waals surface area contributed by atoms with Gasteiger partial charge in [0.25, 0.3) is 5.69 Å². The molecule has 1 aromatic heterocycles. The molecule has 1 heterocycles. The van der Waals surface area contributed by atoms with Crippen molar-refractivity contribution in [3.63, 3.8) is 0 Å². The zero-order chi connectivity index (χ0) is 14.0. The zero-order valence-electron chi connectivity index (χ0n) is 10.1. The van der Waals surface area contributed by atoms with Crippen LogP contribution in [0.1, 0.15) is 5.69 Å². The Hall–Kier alpha value is -2.70. The molecule has 0 atom stereocenters. The van der Waals surface area contributed by atoms with E-state index in [4.69, 9.17) is 5.11 Å². The van der Waals surface area contributed by atoms with E-state index in [0.717, 1.165) is 0 Å². The molecule has 0 amide bonds. The van der Waals surface area contributed by atoms with Gasteiger partial charge in [-0.3, -0.25) is 19.6 Å². The van der Waals surface area contributed by atoms with Gasteiger partial charge < -0.3 is 5.11 Å². The minimum absolute atomic E-state index is 0.0273. The van der Waals surface area contributed by atoms with Crippen molar-refractivity contribution in [3.05, 3.63) is 46.3 Å². The average molecular weight is 261 g/mol. The lowest BCUT2D eigenvalue weighted by atomic mass is 10.1. The molecule has 2 rings (SSSR count). The summed E-state index contributed by atoms with van der Waals surface area (Å²) in [5, 5.41) is 23.7. The quantitative estimate of drug-likeness (QED) is 0.669. The first-order chi connectivity index (χ1) is 9.00. The van der Waals surface area contributed by atoms with Crippen LogP contribution in [-0.2, 0) is 11.3 Å². The van der Waals surface area contributed by atoms with Crippen molar-refractivity contribution >= 4 is 11.7 Å². The van der Waals surface area contributed by atoms with Gasteiger partial charge in [0, 0.05) is 17.3 Å². The summed E-state index contributed by atoms with van der Waals surface area (Å²) >= 11 is 0. The first-order valence-corrected chi connectivity index (χ1v) is 5.48. The number of carboxylic acid groups (broad SMARTS) is 1. The van der Waals surface area contributed by atoms with E-state index >= 15 is 0 Å². The molecule has 0 fully saturated rings. The van der Waals surface area contributed by atoms with Crippen molar-refractivity contribution in [3.8, 4) is 11.1 Å². The van der Waals surface area contributed by atoms with E-state index in [1.165, 1.54) is 16.9 Å². The topological polar surface area (TPSA) is 98.3 Å². The molecule has 0 radical (unpaired) electrons. The largest absolute Gasteiger partial charge is 0.480 e. The first kappa shape index (κ1) is 12.7. The van der Waals surface area contributed by atoms with E-state index in [0.29, 0.717) is 16.8 Å². The maximum absolute atomic E-state index is 11.0. The van der Waals surface area contributed by atoms with Gasteiger partial charge in [0.1, 0.15) is 6.54 Å². The zero-order valence-corrected chi connectivity index (χ0v) is 10.1. The van der Waals surface area contributed by atoms with E-state index in [-0.39, 0.29) is 12.2 Å². The maximum atomic E-state index is 11.0. The molecule has 0 aliphatic carbocycles. The van der Waals surface area contributed by atoms with Crippen LogP contribution in [0.3, 0.4) is 0 Å². The Balaban J connectivity index is 2.51. The van der Waals surface area contributed by atoms with Crippen LogP contribution in [0.5, 0.6) is 0 Å². The summed E-state index contributed by atoms with van der Waals surface area (Å²) in [5.74, 6) is -1.01. The van der Waals surface area contributed by atoms with Crippen LogP contribution in [0.15, 0.2) is 30.5 Å². The maximum Gasteiger partial charge on any atom is 0.325 e. The van der Waals surface area contributed by atoms with Crippen molar-refractivity contribution < 1.29 is 14.8 Å². The summed E-state index contributed by atoms with van der Waals surface area (Å²) in [7, 11) is 0. The predicted octanol–water partition coefficient (Wildman–Crippen LogP) is 1.85. The second kappa shape index (κ2) is 4.89. The first-order valence-electron chi connectivity index (χ1n) is 5.48. The minimum atomic E-state index is -1.01. The Morgan fingerprint density at radius 3 is 2.74 bits per heavy atom. The van der Waals surface area contributed by atoms with Gasteiger partial charge in [-0.25, -0.2) is 0 Å². The number of nitro groups is 1. The van der Waals surface area contributed by atoms with Crippen LogP contribution in [-0.4, -0.2) is 25.8 Å². The van der Waals surface area contributed by atoms with E-state index in [2.05, 4.69) is 5.10 Å². The fraction of sp³-hybridized carbons (Fsp3) is 0.167. The Bertz CT molecular complexity index is 648. The standard InChI is InChI=1S/C12H11N3O4/c1-8-10(6-13-14(8)7-12(16)17)9-4-2-3-5-11(9)15(18)19/h2-6H,7H2,1H3,(H,16,17). The molecule has 7 nitrogen and oxygen atoms in total. The lowest BCUT2D eigenvalue weighted by Gasteiger charge is -2.03. The molecule has 0 aliphatic heterocycles. The average Bonchev–Trinajstić information content (AvgIpc) is 2.70. The number of hydrogen-bond donors (Lipinski definition) is 1. The normalized spacial score (nSPS) is 10.4. The number of nitro benzene ring substituents is 1. The fourth-order valence-corrected chi connectivity index (χ4v) is 1.86. The van der Waals surface area contributed by atoms with Gasteiger partial charge in [0.2, 0.25) is 0 Å². The molecule has 7 heteroatoms. The number of hydrogen-bond acceptors (Lipinski definition) is 4. The summed E-state index contributed by atoms with van der Waals surface area (Å²) in [6, 6.07) is 6.30. The lowest BCUT2D eigenvalue weighted by molar-refractivity contribution is -0.384. The number of rotatable bonds is 4. The molecular formula is C12H11N3O4. The summed E-state index contributed by atoms with van der Waals surface area (Å²) in [6.07, 6.45) is 1.45. The predicted molar refractivity (Wildman–Crippen MR) is 66.7 cm³/mol. The molecular weight excluding hydrogens is 250 g/mol. The number of aliphatic carboxylic acids is 1. The number of nitrogens with zero attached hydrogens (tertiary/aromatic N) is 3. The highest BCUT2D eigenvalue weighted by molar-refractivity contribution is 5.75. The van der Waals surface area contributed by atoms with E-state index in [1.807, 2.05) is 0 Å². The van der Waals surface area contributed by atoms with E-state index in [1.54, 1.807) is 25.1 Å². The third kappa shape index (κ3) is 2.44. The number of aromatic nitrogens is 2. The molecule has 0 spiro atoms. The van der Waals surface area contributed by atoms with Gasteiger partial charge in [-0.15, -0.1) is 0 Å². The van der Waals surface area contributed by atoms with Gasteiger partial charge in [0.05, 0.1) is 16.7 Å². The minimum Gasteiger partial charge on any atom is -0.480 e. The molecule has 98 valence electrons. The Labute approximate surface area is 108 Å². The Morgan fingerprint density at radius 1 is 1.42 bits per heavy atom. The van der Waals surface area contributed by atoms with Gasteiger partial charge in [0.15, 0.2) is 0 Å². The van der Waals surface area contributed by atoms with Crippen LogP contribution >= 0.6 is 0 Å². The molecule has 0 saturated heterocycles. The van der Waals surface area contributed by atoms with Crippen LogP contribution in [0.2, 0.25) is 0 Å². The third-order valence-corrected chi connectivity index (χ3v) is 2.78. The van der Waals surface area contributed by atoms with Crippen molar-refractivity contribution in [2.75, 3.05) is 0 Å². The molecule has 1 aromatic carbocycles. The van der Waals surface area contributed by atoms with Crippen molar-refractivity contribution in [1.29, 1.82) is 0 Å². The van der Waals surface area contributed by atoms with Crippen LogP contribution in [0, 0.1) is 17.0 Å². The summed E-state index contributed by atoms with van der Waals surface area (Å²) in [6.45, 7) is 1.41. The smallest absolute Gasteiger partial charge is 0.325 e. The molecule has 19 heavy (non-hydrogen) atoms. The highest BCUT2D eigenvalue weighted by Crippen LogP contribution is 2.31. The Kier molecular flexibility index (Phi) is 3.28. The third-order valence-electron chi connectivity index (χ3n) is 2.78. The molecule has 2 aromatic rings. The van der Waals surface area contributed by atoms with E-state index < -0.39 is 10.9 Å². The highest BCUT2D eigenvalue weighted by Gasteiger charge is 2.18. The molecule has 0 bridgehead atoms. The Morgan fingerprint density at radius 2 is 2.11 bits per heavy atom. The van der Waals surface area contributed by atoms with Gasteiger partial charge in [-0.1, -0.05) is 12.1 Å². The molecule has 1 N–H and O–H groups in total. The van der Waals surface area contributed by atoms with Gasteiger partial charge >= 0.3 is 5.97 Å². The number of carbonyl (C=O) groups is 1. The summed E-state index contributed by atoms with van der Waals surface area (Å²) in [5.41, 5.74) is 1.55. The molecule has 0 unspecified atom stereocenters. The monoisotopic (exact) mass is 261 g/mol. The molecule has 0 saturated carbocycles. The number of benzene rings is 1. The summed E-state index contributed by atoms with van der Waals surface area (Å²) in [4.78, 5) is 21.2. The fourth-order valence-electron chi connectivity index (χ4n) is 1.86. The van der Waals surface area contributed by atoms with Crippen LogP contribution in [0.25, 0.3) is 11.1 Å². The van der Waals surface area contributed by atoms with Crippen LogP contribution < -0.4 is 0 Å². The van der Waals surface area contributed by atoms with Crippen molar-refractivity contribution in [1.82, 2.24) is 9.78 Å². The number of para-hydroxylation sites is 1. The summed E-state index contributed by atoms with van der Waals surface area (Å²) < 4.78 is 1.30. The van der Waals surface area contributed by atoms with Crippen molar-refractivity contribution in [2.45, 2.75) is 13.5 Å². The van der Waals surface area contributed by atoms with Gasteiger partial charge in [-0.2, -0.15) is 5.10 Å². The second-order valence-corrected chi connectivity index (χ2v) is 3.97. The lowest BCUT2D eigenvalue weighted by Crippen LogP contribution is -2.11. The van der Waals surface area contributed by atoms with Crippen LogP contribution in [0.4, 0.5) is 5.69 Å². The van der Waals surface area contributed by atoms with E-state index in [9.17, 15) is 14.9 Å².